The van der Waals surface area contributed by atoms with Gasteiger partial charge in [0, 0.05) is 49.6 Å². The van der Waals surface area contributed by atoms with Crippen molar-refractivity contribution in [2.24, 2.45) is 0 Å². The molecule has 0 atom stereocenters. The first-order chi connectivity index (χ1) is 31.5. The summed E-state index contributed by atoms with van der Waals surface area (Å²) in [4.78, 5) is 31.0. The minimum atomic E-state index is -0.148. The first-order valence-electron chi connectivity index (χ1n) is 21.5. The first-order valence-corrected chi connectivity index (χ1v) is 21.5. The van der Waals surface area contributed by atoms with E-state index in [2.05, 4.69) is 97.3 Å². The smallest absolute Gasteiger partial charge is 0.166 e. The molecule has 7 heteroatoms. The molecule has 11 aromatic rings. The lowest BCUT2D eigenvalue weighted by molar-refractivity contribution is 0.661. The van der Waals surface area contributed by atoms with Gasteiger partial charge in [0.25, 0.3) is 0 Å². The van der Waals surface area contributed by atoms with Crippen molar-refractivity contribution in [1.82, 2.24) is 34.5 Å². The summed E-state index contributed by atoms with van der Waals surface area (Å²) < 4.78 is 2.38. The summed E-state index contributed by atoms with van der Waals surface area (Å²) in [5.41, 5.74) is 13.3. The van der Waals surface area contributed by atoms with Crippen molar-refractivity contribution in [2.75, 3.05) is 0 Å². The lowest BCUT2D eigenvalue weighted by atomic mass is 9.82. The summed E-state index contributed by atoms with van der Waals surface area (Å²) in [6.07, 6.45) is 0. The maximum Gasteiger partial charge on any atom is 0.166 e. The molecule has 0 bridgehead atoms. The molecule has 8 aromatic carbocycles. The van der Waals surface area contributed by atoms with Crippen LogP contribution in [0, 0.1) is 0 Å². The van der Waals surface area contributed by atoms with E-state index in [1.807, 2.05) is 121 Å². The summed E-state index contributed by atoms with van der Waals surface area (Å²) in [6, 6.07) is 69.1. The number of benzene rings is 8. The normalized spacial score (nSPS) is 12.7. The number of fused-ring (bicyclic) bond motifs is 6. The van der Waals surface area contributed by atoms with E-state index in [1.54, 1.807) is 0 Å². The second-order valence-electron chi connectivity index (χ2n) is 16.7. The third-order valence-electron chi connectivity index (χ3n) is 12.5. The molecule has 0 radical (unpaired) electrons. The number of nitrogens with zero attached hydrogens (tertiary/aromatic N) is 7. The zero-order valence-electron chi connectivity index (χ0n) is 35.2. The summed E-state index contributed by atoms with van der Waals surface area (Å²) >= 11 is 0. The molecule has 0 saturated carbocycles. The average molecular weight is 822 g/mol. The van der Waals surface area contributed by atoms with Gasteiger partial charge in [-0.25, -0.2) is 29.9 Å². The Morgan fingerprint density at radius 2 is 0.766 bits per heavy atom. The van der Waals surface area contributed by atoms with Crippen molar-refractivity contribution in [1.29, 1.82) is 0 Å². The predicted molar refractivity (Wildman–Crippen MR) is 258 cm³/mol. The third kappa shape index (κ3) is 6.20. The Kier molecular flexibility index (Phi) is 8.69. The molecule has 302 valence electrons. The van der Waals surface area contributed by atoms with E-state index in [4.69, 9.17) is 29.9 Å². The Balaban J connectivity index is 1.16. The lowest BCUT2D eigenvalue weighted by Gasteiger charge is -2.21. The van der Waals surface area contributed by atoms with Gasteiger partial charge in [-0.2, -0.15) is 0 Å². The fourth-order valence-corrected chi connectivity index (χ4v) is 9.34. The lowest BCUT2D eigenvalue weighted by Crippen LogP contribution is -2.14. The second-order valence-corrected chi connectivity index (χ2v) is 16.7. The summed E-state index contributed by atoms with van der Waals surface area (Å²) in [6.45, 7) is 4.67. The van der Waals surface area contributed by atoms with E-state index >= 15 is 0 Å². The Hall–Kier alpha value is -8.42. The van der Waals surface area contributed by atoms with Crippen molar-refractivity contribution < 1.29 is 0 Å². The zero-order valence-corrected chi connectivity index (χ0v) is 35.2. The number of rotatable bonds is 7. The van der Waals surface area contributed by atoms with Crippen molar-refractivity contribution in [3.63, 3.8) is 0 Å². The zero-order chi connectivity index (χ0) is 42.8. The molecule has 1 aliphatic rings. The highest BCUT2D eigenvalue weighted by molar-refractivity contribution is 6.12. The summed E-state index contributed by atoms with van der Waals surface area (Å²) in [7, 11) is 0. The highest BCUT2D eigenvalue weighted by atomic mass is 15.1. The van der Waals surface area contributed by atoms with E-state index in [0.717, 1.165) is 50.1 Å². The van der Waals surface area contributed by atoms with Crippen LogP contribution in [0.5, 0.6) is 0 Å². The van der Waals surface area contributed by atoms with Gasteiger partial charge >= 0.3 is 0 Å². The average Bonchev–Trinajstić information content (AvgIpc) is 3.81. The Morgan fingerprint density at radius 1 is 0.312 bits per heavy atom. The molecule has 1 aliphatic carbocycles. The van der Waals surface area contributed by atoms with Crippen LogP contribution in [0.3, 0.4) is 0 Å². The summed E-state index contributed by atoms with van der Waals surface area (Å²) in [5.74, 6) is 3.42. The maximum atomic E-state index is 5.31. The van der Waals surface area contributed by atoms with Crippen LogP contribution in [0.4, 0.5) is 0 Å². The van der Waals surface area contributed by atoms with Gasteiger partial charge in [0.2, 0.25) is 0 Å². The molecular formula is C57H39N7. The SMILES string of the molecule is CC1(C)c2ccccc2-c2cc3c(cc21)c1ccccc1n3-c1ccc(-c2nc(-c3ccccc3)nc(-c3ccccc3)n2)cc1-c1nc(-c2ccccc2)nc(-c2ccccc2)n1. The van der Waals surface area contributed by atoms with Gasteiger partial charge in [-0.3, -0.25) is 0 Å². The highest BCUT2D eigenvalue weighted by Gasteiger charge is 2.36. The predicted octanol–water partition coefficient (Wildman–Crippen LogP) is 13.5. The van der Waals surface area contributed by atoms with Gasteiger partial charge in [0.1, 0.15) is 0 Å². The Bertz CT molecular complexity index is 3450. The first kappa shape index (κ1) is 37.4. The fraction of sp³-hybridized carbons (Fsp3) is 0.0526. The van der Waals surface area contributed by atoms with Crippen LogP contribution in [0.2, 0.25) is 0 Å². The quantitative estimate of drug-likeness (QED) is 0.159. The van der Waals surface area contributed by atoms with Crippen molar-refractivity contribution in [3.8, 4) is 85.1 Å². The van der Waals surface area contributed by atoms with Gasteiger partial charge in [0.15, 0.2) is 34.9 Å². The van der Waals surface area contributed by atoms with Crippen LogP contribution in [-0.4, -0.2) is 34.5 Å². The minimum absolute atomic E-state index is 0.148. The molecule has 0 N–H and O–H groups in total. The topological polar surface area (TPSA) is 82.3 Å². The second kappa shape index (κ2) is 14.9. The van der Waals surface area contributed by atoms with E-state index in [9.17, 15) is 0 Å². The van der Waals surface area contributed by atoms with Gasteiger partial charge in [-0.15, -0.1) is 0 Å². The molecule has 3 aromatic heterocycles. The molecule has 0 spiro atoms. The fourth-order valence-electron chi connectivity index (χ4n) is 9.34. The van der Waals surface area contributed by atoms with E-state index in [0.29, 0.717) is 34.9 Å². The number of aromatic nitrogens is 7. The van der Waals surface area contributed by atoms with Gasteiger partial charge < -0.3 is 4.57 Å². The molecule has 0 saturated heterocycles. The summed E-state index contributed by atoms with van der Waals surface area (Å²) in [5, 5.41) is 2.36. The molecule has 0 aliphatic heterocycles. The minimum Gasteiger partial charge on any atom is -0.308 e. The molecule has 0 amide bonds. The van der Waals surface area contributed by atoms with Crippen LogP contribution < -0.4 is 0 Å². The standard InChI is InChI=1S/C57H39N7/c1-57(2)46-29-17-15-27-41(46)43-35-50-44(34-47(43)57)42-28-16-18-30-48(42)64(50)49-32-31-40(55-60-51(36-19-7-3-8-20-36)58-52(61-55)37-21-9-4-10-22-37)33-45(49)56-62-53(38-23-11-5-12-24-38)59-54(63-56)39-25-13-6-14-26-39/h3-35H,1-2H3. The highest BCUT2D eigenvalue weighted by Crippen LogP contribution is 2.51. The van der Waals surface area contributed by atoms with Crippen LogP contribution in [0.25, 0.3) is 107 Å². The number of para-hydroxylation sites is 1. The maximum absolute atomic E-state index is 5.31. The molecule has 12 rings (SSSR count). The molecule has 0 fully saturated rings. The van der Waals surface area contributed by atoms with Crippen LogP contribution in [0.15, 0.2) is 200 Å². The van der Waals surface area contributed by atoms with Gasteiger partial charge in [-0.1, -0.05) is 178 Å². The van der Waals surface area contributed by atoms with E-state index in [-0.39, 0.29) is 5.41 Å². The van der Waals surface area contributed by atoms with Gasteiger partial charge in [0.05, 0.1) is 16.7 Å². The van der Waals surface area contributed by atoms with Crippen molar-refractivity contribution >= 4 is 21.8 Å². The Labute approximate surface area is 370 Å². The third-order valence-corrected chi connectivity index (χ3v) is 12.5. The molecule has 0 unspecified atom stereocenters. The number of hydrogen-bond acceptors (Lipinski definition) is 6. The monoisotopic (exact) mass is 821 g/mol. The Morgan fingerprint density at radius 3 is 1.31 bits per heavy atom. The molecule has 64 heavy (non-hydrogen) atoms. The van der Waals surface area contributed by atoms with Crippen LogP contribution >= 0.6 is 0 Å². The number of hydrogen-bond donors (Lipinski definition) is 0. The van der Waals surface area contributed by atoms with E-state index in [1.165, 1.54) is 33.0 Å². The van der Waals surface area contributed by atoms with Crippen molar-refractivity contribution in [2.45, 2.75) is 19.3 Å². The van der Waals surface area contributed by atoms with Crippen molar-refractivity contribution in [3.05, 3.63) is 211 Å². The van der Waals surface area contributed by atoms with Crippen LogP contribution in [-0.2, 0) is 5.41 Å². The molecule has 3 heterocycles. The molecule has 7 nitrogen and oxygen atoms in total. The van der Waals surface area contributed by atoms with Gasteiger partial charge in [-0.05, 0) is 58.7 Å². The van der Waals surface area contributed by atoms with E-state index < -0.39 is 0 Å². The van der Waals surface area contributed by atoms with Crippen LogP contribution in [0.1, 0.15) is 25.0 Å². The molecular weight excluding hydrogens is 783 g/mol. The largest absolute Gasteiger partial charge is 0.308 e.